The lowest BCUT2D eigenvalue weighted by atomic mass is 9.99. The van der Waals surface area contributed by atoms with Crippen LogP contribution in [0.1, 0.15) is 22.5 Å². The zero-order valence-corrected chi connectivity index (χ0v) is 12.7. The molecule has 1 heterocycles. The van der Waals surface area contributed by atoms with Gasteiger partial charge in [0.15, 0.2) is 0 Å². The molecule has 0 saturated heterocycles. The van der Waals surface area contributed by atoms with E-state index in [1.807, 2.05) is 24.3 Å². The lowest BCUT2D eigenvalue weighted by Gasteiger charge is -2.27. The van der Waals surface area contributed by atoms with Gasteiger partial charge in [-0.15, -0.1) is 11.8 Å². The number of aliphatic hydroxyl groups is 1. The number of carbonyl (C=O) groups is 1. The Hall–Kier alpha value is -1.49. The number of thioether (sulfide) groups is 1. The molecule has 2 unspecified atom stereocenters. The van der Waals surface area contributed by atoms with Crippen LogP contribution in [0.2, 0.25) is 5.02 Å². The highest BCUT2D eigenvalue weighted by atomic mass is 35.5. The molecule has 21 heavy (non-hydrogen) atoms. The monoisotopic (exact) mass is 319 g/mol. The molecule has 108 valence electrons. The van der Waals surface area contributed by atoms with Crippen molar-refractivity contribution < 1.29 is 9.90 Å². The van der Waals surface area contributed by atoms with Crippen molar-refractivity contribution >= 4 is 35.0 Å². The molecular formula is C16H14ClNO2S. The Labute approximate surface area is 132 Å². The van der Waals surface area contributed by atoms with E-state index in [9.17, 15) is 9.90 Å². The van der Waals surface area contributed by atoms with Crippen molar-refractivity contribution in [3.8, 4) is 0 Å². The molecule has 3 nitrogen and oxygen atoms in total. The van der Waals surface area contributed by atoms with Crippen LogP contribution in [0.5, 0.6) is 0 Å². The first-order valence-corrected chi connectivity index (χ1v) is 8.03. The van der Waals surface area contributed by atoms with E-state index in [-0.39, 0.29) is 11.2 Å². The van der Waals surface area contributed by atoms with E-state index in [0.29, 0.717) is 16.5 Å². The molecule has 0 bridgehead atoms. The Morgan fingerprint density at radius 3 is 2.52 bits per heavy atom. The number of hydrogen-bond donors (Lipinski definition) is 2. The first-order valence-electron chi connectivity index (χ1n) is 6.60. The van der Waals surface area contributed by atoms with Gasteiger partial charge in [0, 0.05) is 16.5 Å². The van der Waals surface area contributed by atoms with Crippen molar-refractivity contribution in [2.24, 2.45) is 0 Å². The Balaban J connectivity index is 1.82. The van der Waals surface area contributed by atoms with Crippen LogP contribution >= 0.6 is 23.4 Å². The number of halogens is 1. The topological polar surface area (TPSA) is 49.3 Å². The third-order valence-corrected chi connectivity index (χ3v) is 4.97. The summed E-state index contributed by atoms with van der Waals surface area (Å²) in [4.78, 5) is 12.5. The SMILES string of the molecule is O=C(Nc1ccc(Cl)cc1)C1SCC(O)c2ccccc21. The van der Waals surface area contributed by atoms with Gasteiger partial charge in [0.1, 0.15) is 5.25 Å². The van der Waals surface area contributed by atoms with Crippen LogP contribution < -0.4 is 5.32 Å². The van der Waals surface area contributed by atoms with Gasteiger partial charge in [-0.05, 0) is 35.4 Å². The van der Waals surface area contributed by atoms with E-state index in [4.69, 9.17) is 11.6 Å². The summed E-state index contributed by atoms with van der Waals surface area (Å²) in [5.74, 6) is 0.442. The number of aliphatic hydroxyl groups excluding tert-OH is 1. The highest BCUT2D eigenvalue weighted by Gasteiger charge is 2.31. The molecule has 5 heteroatoms. The number of carbonyl (C=O) groups excluding carboxylic acids is 1. The first-order chi connectivity index (χ1) is 10.1. The van der Waals surface area contributed by atoms with Crippen LogP contribution in [0, 0.1) is 0 Å². The van der Waals surface area contributed by atoms with Gasteiger partial charge in [-0.2, -0.15) is 0 Å². The summed E-state index contributed by atoms with van der Waals surface area (Å²) in [6.45, 7) is 0. The van der Waals surface area contributed by atoms with Crippen molar-refractivity contribution in [3.05, 3.63) is 64.7 Å². The van der Waals surface area contributed by atoms with Crippen molar-refractivity contribution in [2.45, 2.75) is 11.4 Å². The molecule has 1 amide bonds. The van der Waals surface area contributed by atoms with E-state index in [1.165, 1.54) is 11.8 Å². The van der Waals surface area contributed by atoms with E-state index in [0.717, 1.165) is 11.1 Å². The standard InChI is InChI=1S/C16H14ClNO2S/c17-10-5-7-11(8-6-10)18-16(20)15-13-4-2-1-3-12(13)14(19)9-21-15/h1-8,14-15,19H,9H2,(H,18,20). The third-order valence-electron chi connectivity index (χ3n) is 3.41. The summed E-state index contributed by atoms with van der Waals surface area (Å²) >= 11 is 7.29. The summed E-state index contributed by atoms with van der Waals surface area (Å²) in [5, 5.41) is 13.2. The second-order valence-electron chi connectivity index (χ2n) is 4.85. The number of rotatable bonds is 2. The fourth-order valence-corrected chi connectivity index (χ4v) is 3.66. The fraction of sp³-hybridized carbons (Fsp3) is 0.188. The molecule has 0 aromatic heterocycles. The molecule has 0 aliphatic carbocycles. The van der Waals surface area contributed by atoms with Crippen LogP contribution in [0.3, 0.4) is 0 Å². The second-order valence-corrected chi connectivity index (χ2v) is 6.43. The fourth-order valence-electron chi connectivity index (χ4n) is 2.38. The summed E-state index contributed by atoms with van der Waals surface area (Å²) < 4.78 is 0. The molecular weight excluding hydrogens is 306 g/mol. The zero-order valence-electron chi connectivity index (χ0n) is 11.1. The van der Waals surface area contributed by atoms with Crippen LogP contribution in [0.25, 0.3) is 0 Å². The van der Waals surface area contributed by atoms with Crippen molar-refractivity contribution in [2.75, 3.05) is 11.1 Å². The Morgan fingerprint density at radius 2 is 1.81 bits per heavy atom. The Bertz CT molecular complexity index is 660. The number of fused-ring (bicyclic) bond motifs is 1. The largest absolute Gasteiger partial charge is 0.388 e. The van der Waals surface area contributed by atoms with Crippen molar-refractivity contribution in [1.82, 2.24) is 0 Å². The van der Waals surface area contributed by atoms with Gasteiger partial charge < -0.3 is 10.4 Å². The van der Waals surface area contributed by atoms with Gasteiger partial charge in [-0.3, -0.25) is 4.79 Å². The van der Waals surface area contributed by atoms with Gasteiger partial charge in [0.25, 0.3) is 0 Å². The van der Waals surface area contributed by atoms with E-state index < -0.39 is 6.10 Å². The van der Waals surface area contributed by atoms with Gasteiger partial charge in [0.05, 0.1) is 6.10 Å². The first kappa shape index (κ1) is 14.4. The van der Waals surface area contributed by atoms with Crippen LogP contribution in [0.15, 0.2) is 48.5 Å². The predicted molar refractivity (Wildman–Crippen MR) is 86.7 cm³/mol. The molecule has 0 spiro atoms. The van der Waals surface area contributed by atoms with Gasteiger partial charge in [-0.25, -0.2) is 0 Å². The molecule has 2 aromatic rings. The number of anilines is 1. The maximum absolute atomic E-state index is 12.5. The maximum atomic E-state index is 12.5. The van der Waals surface area contributed by atoms with Crippen LogP contribution in [0.4, 0.5) is 5.69 Å². The van der Waals surface area contributed by atoms with E-state index >= 15 is 0 Å². The highest BCUT2D eigenvalue weighted by Crippen LogP contribution is 2.41. The smallest absolute Gasteiger partial charge is 0.242 e. The quantitative estimate of drug-likeness (QED) is 0.885. The molecule has 2 atom stereocenters. The lowest BCUT2D eigenvalue weighted by molar-refractivity contribution is -0.115. The van der Waals surface area contributed by atoms with Crippen LogP contribution in [-0.2, 0) is 4.79 Å². The molecule has 2 N–H and O–H groups in total. The number of amides is 1. The average Bonchev–Trinajstić information content (AvgIpc) is 2.50. The number of nitrogens with one attached hydrogen (secondary N) is 1. The van der Waals surface area contributed by atoms with Gasteiger partial charge in [0.2, 0.25) is 5.91 Å². The predicted octanol–water partition coefficient (Wildman–Crippen LogP) is 3.80. The molecule has 2 aromatic carbocycles. The van der Waals surface area contributed by atoms with Gasteiger partial charge in [-0.1, -0.05) is 35.9 Å². The summed E-state index contributed by atoms with van der Waals surface area (Å²) in [6, 6.07) is 14.6. The lowest BCUT2D eigenvalue weighted by Crippen LogP contribution is -2.24. The minimum atomic E-state index is -0.509. The minimum absolute atomic E-state index is 0.0818. The third kappa shape index (κ3) is 3.07. The molecule has 1 aliphatic rings. The maximum Gasteiger partial charge on any atom is 0.242 e. The molecule has 3 rings (SSSR count). The molecule has 0 saturated carbocycles. The summed E-state index contributed by atoms with van der Waals surface area (Å²) in [6.07, 6.45) is -0.509. The zero-order chi connectivity index (χ0) is 14.8. The van der Waals surface area contributed by atoms with Crippen LogP contribution in [-0.4, -0.2) is 16.8 Å². The molecule has 0 fully saturated rings. The van der Waals surface area contributed by atoms with Crippen molar-refractivity contribution in [3.63, 3.8) is 0 Å². The van der Waals surface area contributed by atoms with E-state index in [2.05, 4.69) is 5.32 Å². The highest BCUT2D eigenvalue weighted by molar-refractivity contribution is 8.00. The van der Waals surface area contributed by atoms with Crippen molar-refractivity contribution in [1.29, 1.82) is 0 Å². The summed E-state index contributed by atoms with van der Waals surface area (Å²) in [5.41, 5.74) is 2.44. The second kappa shape index (κ2) is 6.10. The van der Waals surface area contributed by atoms with E-state index in [1.54, 1.807) is 24.3 Å². The van der Waals surface area contributed by atoms with Gasteiger partial charge >= 0.3 is 0 Å². The Kier molecular flexibility index (Phi) is 4.19. The Morgan fingerprint density at radius 1 is 1.14 bits per heavy atom. The molecule has 1 aliphatic heterocycles. The normalized spacial score (nSPS) is 20.7. The summed E-state index contributed by atoms with van der Waals surface area (Å²) in [7, 11) is 0. The number of benzene rings is 2. The number of hydrogen-bond acceptors (Lipinski definition) is 3. The average molecular weight is 320 g/mol. The molecule has 0 radical (unpaired) electrons. The minimum Gasteiger partial charge on any atom is -0.388 e.